The zero-order chi connectivity index (χ0) is 13.1. The summed E-state index contributed by atoms with van der Waals surface area (Å²) in [6.07, 6.45) is 1.47. The Morgan fingerprint density at radius 1 is 1.59 bits per heavy atom. The summed E-state index contributed by atoms with van der Waals surface area (Å²) in [4.78, 5) is 10.5. The van der Waals surface area contributed by atoms with E-state index in [-0.39, 0.29) is 22.1 Å². The first-order chi connectivity index (χ1) is 7.83. The number of aromatic carboxylic acids is 1. The fraction of sp³-hybridized carbons (Fsp3) is 0.375. The lowest BCUT2D eigenvalue weighted by molar-refractivity contribution is 0.0702. The van der Waals surface area contributed by atoms with Gasteiger partial charge in [-0.2, -0.15) is 0 Å². The summed E-state index contributed by atoms with van der Waals surface area (Å²) >= 11 is 0.846. The van der Waals surface area contributed by atoms with Gasteiger partial charge in [0.15, 0.2) is 0 Å². The molecule has 6 nitrogen and oxygen atoms in total. The van der Waals surface area contributed by atoms with Gasteiger partial charge in [0.2, 0.25) is 10.0 Å². The van der Waals surface area contributed by atoms with Gasteiger partial charge in [-0.05, 0) is 6.07 Å². The average molecular weight is 297 g/mol. The highest BCUT2D eigenvalue weighted by atomic mass is 32.2. The molecule has 9 heteroatoms. The Labute approximate surface area is 105 Å². The number of carboxylic acid groups (broad SMARTS) is 1. The van der Waals surface area contributed by atoms with E-state index in [4.69, 9.17) is 5.11 Å². The number of hydrogen-bond donors (Lipinski definition) is 2. The fourth-order valence-electron chi connectivity index (χ4n) is 0.975. The van der Waals surface area contributed by atoms with E-state index < -0.39 is 26.8 Å². The number of thiophene rings is 1. The topological polar surface area (TPSA) is 101 Å². The molecule has 1 aromatic heterocycles. The molecule has 0 aliphatic carbocycles. The van der Waals surface area contributed by atoms with Crippen LogP contribution < -0.4 is 4.72 Å². The number of carbonyl (C=O) groups is 1. The van der Waals surface area contributed by atoms with Crippen LogP contribution >= 0.6 is 11.3 Å². The summed E-state index contributed by atoms with van der Waals surface area (Å²) < 4.78 is 36.3. The minimum absolute atomic E-state index is 0.0376. The number of carboxylic acids is 1. The number of hydrogen-bond acceptors (Lipinski definition) is 5. The molecule has 0 bridgehead atoms. The Bertz CT molecular complexity index is 533. The second kappa shape index (κ2) is 5.71. The van der Waals surface area contributed by atoms with Crippen LogP contribution in [0.2, 0.25) is 0 Å². The van der Waals surface area contributed by atoms with Crippen LogP contribution in [0.15, 0.2) is 16.3 Å². The minimum Gasteiger partial charge on any atom is -0.477 e. The lowest BCUT2D eigenvalue weighted by atomic mass is 10.5. The van der Waals surface area contributed by atoms with E-state index in [1.807, 2.05) is 0 Å². The Kier molecular flexibility index (Phi) is 4.80. The maximum Gasteiger partial charge on any atom is 0.345 e. The van der Waals surface area contributed by atoms with Crippen molar-refractivity contribution >= 4 is 38.1 Å². The molecule has 0 aliphatic heterocycles. The van der Waals surface area contributed by atoms with Crippen LogP contribution in [0.5, 0.6) is 0 Å². The summed E-state index contributed by atoms with van der Waals surface area (Å²) in [6, 6.07) is 1.10. The second-order valence-corrected chi connectivity index (χ2v) is 7.36. The molecule has 0 fully saturated rings. The molecule has 0 spiro atoms. The maximum absolute atomic E-state index is 11.7. The van der Waals surface area contributed by atoms with Crippen molar-refractivity contribution in [1.82, 2.24) is 4.72 Å². The molecule has 0 radical (unpaired) electrons. The molecule has 0 aromatic carbocycles. The maximum atomic E-state index is 11.7. The van der Waals surface area contributed by atoms with E-state index in [2.05, 4.69) is 4.72 Å². The standard InChI is InChI=1S/C8H11NO5S3/c1-16(12)3-2-9-17(13,14)6-4-7(8(10)11)15-5-6/h4-5,9H,2-3H2,1H3,(H,10,11). The number of nitrogens with one attached hydrogen (secondary N) is 1. The SMILES string of the molecule is CS(=O)CCNS(=O)(=O)c1csc(C(=O)O)c1. The second-order valence-electron chi connectivity index (χ2n) is 3.13. The van der Waals surface area contributed by atoms with Crippen LogP contribution in [0.3, 0.4) is 0 Å². The molecule has 1 atom stereocenters. The Morgan fingerprint density at radius 2 is 2.24 bits per heavy atom. The highest BCUT2D eigenvalue weighted by molar-refractivity contribution is 7.89. The third-order valence-corrected chi connectivity index (χ3v) is 5.06. The van der Waals surface area contributed by atoms with E-state index in [9.17, 15) is 17.4 Å². The first kappa shape index (κ1) is 14.3. The van der Waals surface area contributed by atoms with Crippen LogP contribution in [-0.4, -0.2) is 42.3 Å². The first-order valence-corrected chi connectivity index (χ1v) is 8.53. The number of rotatable bonds is 6. The largest absolute Gasteiger partial charge is 0.477 e. The van der Waals surface area contributed by atoms with Gasteiger partial charge in [-0.15, -0.1) is 11.3 Å². The summed E-state index contributed by atoms with van der Waals surface area (Å²) in [5, 5.41) is 9.93. The van der Waals surface area contributed by atoms with Crippen molar-refractivity contribution in [2.75, 3.05) is 18.6 Å². The third-order valence-electron chi connectivity index (χ3n) is 1.78. The van der Waals surface area contributed by atoms with Gasteiger partial charge in [0.1, 0.15) is 4.88 Å². The molecule has 1 unspecified atom stereocenters. The molecule has 0 saturated heterocycles. The minimum atomic E-state index is -3.71. The predicted molar refractivity (Wildman–Crippen MR) is 65.4 cm³/mol. The van der Waals surface area contributed by atoms with Gasteiger partial charge in [0.05, 0.1) is 4.90 Å². The van der Waals surface area contributed by atoms with E-state index in [0.29, 0.717) is 0 Å². The lowest BCUT2D eigenvalue weighted by Crippen LogP contribution is -2.27. The molecule has 0 amide bonds. The van der Waals surface area contributed by atoms with Crippen molar-refractivity contribution in [3.63, 3.8) is 0 Å². The van der Waals surface area contributed by atoms with Crippen LogP contribution in [0.25, 0.3) is 0 Å². The van der Waals surface area contributed by atoms with Gasteiger partial charge < -0.3 is 5.11 Å². The van der Waals surface area contributed by atoms with Gasteiger partial charge in [0.25, 0.3) is 0 Å². The quantitative estimate of drug-likeness (QED) is 0.776. The molecule has 1 aromatic rings. The molecular formula is C8H11NO5S3. The summed E-state index contributed by atoms with van der Waals surface area (Å²) in [6.45, 7) is 0.0592. The van der Waals surface area contributed by atoms with Crippen LogP contribution in [-0.2, 0) is 20.8 Å². The smallest absolute Gasteiger partial charge is 0.345 e. The van der Waals surface area contributed by atoms with Crippen LogP contribution in [0, 0.1) is 0 Å². The van der Waals surface area contributed by atoms with Crippen molar-refractivity contribution in [1.29, 1.82) is 0 Å². The molecule has 2 N–H and O–H groups in total. The summed E-state index contributed by atoms with van der Waals surface area (Å²) in [7, 11) is -4.78. The summed E-state index contributed by atoms with van der Waals surface area (Å²) in [5.74, 6) is -0.944. The lowest BCUT2D eigenvalue weighted by Gasteiger charge is -2.02. The third kappa shape index (κ3) is 4.19. The molecule has 0 aliphatic rings. The van der Waals surface area contributed by atoms with Gasteiger partial charge >= 0.3 is 5.97 Å². The molecule has 0 saturated carbocycles. The fourth-order valence-corrected chi connectivity index (χ4v) is 3.64. The Hall–Kier alpha value is -0.770. The van der Waals surface area contributed by atoms with Crippen molar-refractivity contribution < 1.29 is 22.5 Å². The molecule has 17 heavy (non-hydrogen) atoms. The molecule has 1 heterocycles. The molecular weight excluding hydrogens is 286 g/mol. The first-order valence-electron chi connectivity index (χ1n) is 4.44. The zero-order valence-electron chi connectivity index (χ0n) is 8.87. The molecule has 96 valence electrons. The number of sulfonamides is 1. The van der Waals surface area contributed by atoms with E-state index >= 15 is 0 Å². The normalized spacial score (nSPS) is 13.5. The van der Waals surface area contributed by atoms with Crippen molar-refractivity contribution in [3.8, 4) is 0 Å². The Morgan fingerprint density at radius 3 is 2.71 bits per heavy atom. The van der Waals surface area contributed by atoms with Crippen LogP contribution in [0.1, 0.15) is 9.67 Å². The Balaban J connectivity index is 2.75. The van der Waals surface area contributed by atoms with Crippen molar-refractivity contribution in [2.24, 2.45) is 0 Å². The van der Waals surface area contributed by atoms with Crippen molar-refractivity contribution in [2.45, 2.75) is 4.90 Å². The van der Waals surface area contributed by atoms with Crippen molar-refractivity contribution in [3.05, 3.63) is 16.3 Å². The predicted octanol–water partition coefficient (Wildman–Crippen LogP) is 0.103. The van der Waals surface area contributed by atoms with E-state index in [1.54, 1.807) is 0 Å². The van der Waals surface area contributed by atoms with Gasteiger partial charge in [-0.25, -0.2) is 17.9 Å². The summed E-state index contributed by atoms with van der Waals surface area (Å²) in [5.41, 5.74) is 0. The van der Waals surface area contributed by atoms with E-state index in [1.165, 1.54) is 11.6 Å². The van der Waals surface area contributed by atoms with Gasteiger partial charge in [-0.3, -0.25) is 4.21 Å². The average Bonchev–Trinajstić information content (AvgIpc) is 2.65. The highest BCUT2D eigenvalue weighted by Gasteiger charge is 2.17. The van der Waals surface area contributed by atoms with Gasteiger partial charge in [0, 0.05) is 34.7 Å². The highest BCUT2D eigenvalue weighted by Crippen LogP contribution is 2.18. The van der Waals surface area contributed by atoms with Gasteiger partial charge in [-0.1, -0.05) is 0 Å². The van der Waals surface area contributed by atoms with Crippen LogP contribution in [0.4, 0.5) is 0 Å². The monoisotopic (exact) mass is 297 g/mol. The molecule has 1 rings (SSSR count). The van der Waals surface area contributed by atoms with E-state index in [0.717, 1.165) is 17.4 Å². The zero-order valence-corrected chi connectivity index (χ0v) is 11.3.